The van der Waals surface area contributed by atoms with Crippen molar-refractivity contribution in [2.75, 3.05) is 13.2 Å². The molecule has 0 fully saturated rings. The van der Waals surface area contributed by atoms with E-state index < -0.39 is 11.6 Å². The molecule has 1 N–H and O–H groups in total. The van der Waals surface area contributed by atoms with E-state index in [9.17, 15) is 8.78 Å². The topological polar surface area (TPSA) is 36.4 Å². The fourth-order valence-electron chi connectivity index (χ4n) is 2.00. The second-order valence-electron chi connectivity index (χ2n) is 4.54. The molecule has 5 heteroatoms. The first-order chi connectivity index (χ1) is 9.69. The second kappa shape index (κ2) is 7.07. The minimum absolute atomic E-state index is 0.00391. The van der Waals surface area contributed by atoms with E-state index in [2.05, 4.69) is 4.98 Å². The van der Waals surface area contributed by atoms with Crippen molar-refractivity contribution in [2.24, 2.45) is 0 Å². The third-order valence-corrected chi connectivity index (χ3v) is 2.94. The molecule has 0 saturated carbocycles. The van der Waals surface area contributed by atoms with Crippen LogP contribution in [0.15, 0.2) is 42.7 Å². The van der Waals surface area contributed by atoms with Crippen molar-refractivity contribution in [3.8, 4) is 0 Å². The normalized spacial score (nSPS) is 11.0. The molecule has 0 aliphatic carbocycles. The molecule has 20 heavy (non-hydrogen) atoms. The molecule has 0 radical (unpaired) electrons. The lowest BCUT2D eigenvalue weighted by Crippen LogP contribution is -2.26. The Morgan fingerprint density at radius 1 is 1.05 bits per heavy atom. The maximum absolute atomic E-state index is 13.2. The molecule has 0 unspecified atom stereocenters. The van der Waals surface area contributed by atoms with Crippen LogP contribution < -0.4 is 0 Å². The molecule has 2 rings (SSSR count). The van der Waals surface area contributed by atoms with Crippen LogP contribution >= 0.6 is 0 Å². The van der Waals surface area contributed by atoms with Gasteiger partial charge in [-0.15, -0.1) is 0 Å². The van der Waals surface area contributed by atoms with E-state index in [1.807, 2.05) is 17.0 Å². The number of halogens is 2. The van der Waals surface area contributed by atoms with Crippen LogP contribution in [0.4, 0.5) is 8.78 Å². The summed E-state index contributed by atoms with van der Waals surface area (Å²) in [6.07, 6.45) is 3.44. The second-order valence-corrected chi connectivity index (χ2v) is 4.54. The molecule has 1 aromatic heterocycles. The van der Waals surface area contributed by atoms with Crippen molar-refractivity contribution in [1.82, 2.24) is 9.88 Å². The van der Waals surface area contributed by atoms with Crippen LogP contribution in [0.3, 0.4) is 0 Å². The highest BCUT2D eigenvalue weighted by Crippen LogP contribution is 2.12. The monoisotopic (exact) mass is 278 g/mol. The van der Waals surface area contributed by atoms with E-state index in [1.54, 1.807) is 18.5 Å². The van der Waals surface area contributed by atoms with Crippen molar-refractivity contribution < 1.29 is 13.9 Å². The zero-order chi connectivity index (χ0) is 14.4. The third kappa shape index (κ3) is 4.08. The van der Waals surface area contributed by atoms with Gasteiger partial charge >= 0.3 is 0 Å². The highest BCUT2D eigenvalue weighted by atomic mass is 19.2. The zero-order valence-corrected chi connectivity index (χ0v) is 11.0. The first-order valence-corrected chi connectivity index (χ1v) is 6.35. The lowest BCUT2D eigenvalue weighted by Gasteiger charge is -2.21. The predicted octanol–water partition coefficient (Wildman–Crippen LogP) is 2.35. The van der Waals surface area contributed by atoms with Crippen molar-refractivity contribution in [1.29, 1.82) is 0 Å². The Morgan fingerprint density at radius 2 is 1.85 bits per heavy atom. The number of hydrogen-bond donors (Lipinski definition) is 1. The van der Waals surface area contributed by atoms with Crippen LogP contribution in [0.2, 0.25) is 0 Å². The quantitative estimate of drug-likeness (QED) is 0.881. The predicted molar refractivity (Wildman–Crippen MR) is 71.8 cm³/mol. The number of hydrogen-bond acceptors (Lipinski definition) is 3. The summed E-state index contributed by atoms with van der Waals surface area (Å²) >= 11 is 0. The molecular weight excluding hydrogens is 262 g/mol. The summed E-state index contributed by atoms with van der Waals surface area (Å²) in [6, 6.07) is 7.62. The average Bonchev–Trinajstić information content (AvgIpc) is 2.44. The molecule has 3 nitrogen and oxygen atoms in total. The van der Waals surface area contributed by atoms with E-state index in [0.29, 0.717) is 25.2 Å². The van der Waals surface area contributed by atoms with Crippen molar-refractivity contribution >= 4 is 0 Å². The van der Waals surface area contributed by atoms with Crippen LogP contribution in [0.1, 0.15) is 11.1 Å². The summed E-state index contributed by atoms with van der Waals surface area (Å²) in [4.78, 5) is 5.98. The average molecular weight is 278 g/mol. The van der Waals surface area contributed by atoms with Gasteiger partial charge in [0, 0.05) is 32.0 Å². The number of rotatable bonds is 6. The molecule has 0 spiro atoms. The third-order valence-electron chi connectivity index (χ3n) is 2.94. The Morgan fingerprint density at radius 3 is 2.50 bits per heavy atom. The number of aliphatic hydroxyl groups excluding tert-OH is 1. The number of pyridine rings is 1. The molecule has 0 saturated heterocycles. The molecule has 1 heterocycles. The number of nitrogens with zero attached hydrogens (tertiary/aromatic N) is 2. The Kier molecular flexibility index (Phi) is 5.15. The molecule has 2 aromatic rings. The van der Waals surface area contributed by atoms with Gasteiger partial charge in [-0.1, -0.05) is 12.1 Å². The lowest BCUT2D eigenvalue weighted by atomic mass is 10.2. The van der Waals surface area contributed by atoms with Crippen molar-refractivity contribution in [3.05, 3.63) is 65.5 Å². The first kappa shape index (κ1) is 14.6. The van der Waals surface area contributed by atoms with Crippen molar-refractivity contribution in [3.63, 3.8) is 0 Å². The Bertz CT molecular complexity index is 549. The molecule has 0 aliphatic heterocycles. The maximum atomic E-state index is 13.2. The molecule has 106 valence electrons. The Balaban J connectivity index is 2.06. The lowest BCUT2D eigenvalue weighted by molar-refractivity contribution is 0.184. The van der Waals surface area contributed by atoms with Gasteiger partial charge in [0.2, 0.25) is 0 Å². The van der Waals surface area contributed by atoms with E-state index in [1.165, 1.54) is 6.07 Å². The van der Waals surface area contributed by atoms with Crippen LogP contribution in [-0.2, 0) is 13.1 Å². The highest BCUT2D eigenvalue weighted by Gasteiger charge is 2.09. The summed E-state index contributed by atoms with van der Waals surface area (Å²) in [5, 5.41) is 9.10. The van der Waals surface area contributed by atoms with Crippen LogP contribution in [0.5, 0.6) is 0 Å². The van der Waals surface area contributed by atoms with Gasteiger partial charge in [-0.05, 0) is 29.3 Å². The minimum atomic E-state index is -0.854. The minimum Gasteiger partial charge on any atom is -0.395 e. The van der Waals surface area contributed by atoms with Crippen LogP contribution in [0, 0.1) is 11.6 Å². The SMILES string of the molecule is OCCN(Cc1cccnc1)Cc1ccc(F)c(F)c1. The Hall–Kier alpha value is -1.85. The van der Waals surface area contributed by atoms with Gasteiger partial charge in [0.25, 0.3) is 0 Å². The van der Waals surface area contributed by atoms with E-state index >= 15 is 0 Å². The molecule has 0 amide bonds. The highest BCUT2D eigenvalue weighted by molar-refractivity contribution is 5.18. The van der Waals surface area contributed by atoms with Crippen LogP contribution in [-0.4, -0.2) is 28.1 Å². The number of aromatic nitrogens is 1. The van der Waals surface area contributed by atoms with Gasteiger partial charge in [-0.25, -0.2) is 8.78 Å². The summed E-state index contributed by atoms with van der Waals surface area (Å²) in [5.74, 6) is -1.71. The van der Waals surface area contributed by atoms with Gasteiger partial charge in [-0.2, -0.15) is 0 Å². The maximum Gasteiger partial charge on any atom is 0.159 e. The van der Waals surface area contributed by atoms with Gasteiger partial charge in [-0.3, -0.25) is 9.88 Å². The summed E-state index contributed by atoms with van der Waals surface area (Å²) in [6.45, 7) is 1.48. The fourth-order valence-corrected chi connectivity index (χ4v) is 2.00. The van der Waals surface area contributed by atoms with E-state index in [4.69, 9.17) is 5.11 Å². The molecule has 0 aliphatic rings. The molecule has 0 bridgehead atoms. The van der Waals surface area contributed by atoms with Gasteiger partial charge in [0.15, 0.2) is 11.6 Å². The number of benzene rings is 1. The molecule has 0 atom stereocenters. The van der Waals surface area contributed by atoms with Gasteiger partial charge in [0.05, 0.1) is 6.61 Å². The van der Waals surface area contributed by atoms with Gasteiger partial charge < -0.3 is 5.11 Å². The van der Waals surface area contributed by atoms with Gasteiger partial charge in [0.1, 0.15) is 0 Å². The summed E-state index contributed by atoms with van der Waals surface area (Å²) < 4.78 is 26.1. The number of aliphatic hydroxyl groups is 1. The standard InChI is InChI=1S/C15H16F2N2O/c16-14-4-3-12(8-15(14)17)10-19(6-7-20)11-13-2-1-5-18-9-13/h1-5,8-9,20H,6-7,10-11H2. The smallest absolute Gasteiger partial charge is 0.159 e. The van der Waals surface area contributed by atoms with Crippen LogP contribution in [0.25, 0.3) is 0 Å². The Labute approximate surface area is 116 Å². The summed E-state index contributed by atoms with van der Waals surface area (Å²) in [5.41, 5.74) is 1.67. The van der Waals surface area contributed by atoms with E-state index in [0.717, 1.165) is 11.6 Å². The molecule has 1 aromatic carbocycles. The van der Waals surface area contributed by atoms with Crippen molar-refractivity contribution in [2.45, 2.75) is 13.1 Å². The largest absolute Gasteiger partial charge is 0.395 e. The zero-order valence-electron chi connectivity index (χ0n) is 11.0. The molecular formula is C15H16F2N2O. The fraction of sp³-hybridized carbons (Fsp3) is 0.267. The first-order valence-electron chi connectivity index (χ1n) is 6.35. The summed E-state index contributed by atoms with van der Waals surface area (Å²) in [7, 11) is 0. The van der Waals surface area contributed by atoms with E-state index in [-0.39, 0.29) is 6.61 Å².